The Hall–Kier alpha value is -3.82. The third-order valence-electron chi connectivity index (χ3n) is 5.63. The fourth-order valence-electron chi connectivity index (χ4n) is 4.42. The zero-order chi connectivity index (χ0) is 24.2. The molecule has 3 N–H and O–H groups in total. The molecular formula is C23H14Cl2O9. The normalized spacial score (nSPS) is 17.3. The lowest BCUT2D eigenvalue weighted by Crippen LogP contribution is -2.35. The van der Waals surface area contributed by atoms with Crippen molar-refractivity contribution in [3.05, 3.63) is 70.3 Å². The van der Waals surface area contributed by atoms with Gasteiger partial charge in [0.2, 0.25) is 11.5 Å². The number of aromatic carboxylic acids is 1. The average Bonchev–Trinajstić information content (AvgIpc) is 3.10. The van der Waals surface area contributed by atoms with E-state index in [-0.39, 0.29) is 39.7 Å². The van der Waals surface area contributed by atoms with Crippen molar-refractivity contribution < 1.29 is 43.9 Å². The van der Waals surface area contributed by atoms with Crippen molar-refractivity contribution in [1.82, 2.24) is 0 Å². The van der Waals surface area contributed by atoms with Crippen LogP contribution in [0.25, 0.3) is 0 Å². The number of carboxylic acids is 1. The minimum Gasteiger partial charge on any atom is -0.508 e. The molecule has 2 heterocycles. The van der Waals surface area contributed by atoms with Gasteiger partial charge in [0.05, 0.1) is 11.1 Å². The number of halogens is 2. The Kier molecular flexibility index (Phi) is 5.11. The predicted octanol–water partition coefficient (Wildman–Crippen LogP) is 4.51. The van der Waals surface area contributed by atoms with Gasteiger partial charge < -0.3 is 34.3 Å². The lowest BCUT2D eigenvalue weighted by Gasteiger charge is -2.38. The van der Waals surface area contributed by atoms with Crippen LogP contribution in [0.4, 0.5) is 0 Å². The fraction of sp³-hybridized carbons (Fsp3) is 0.130. The van der Waals surface area contributed by atoms with Crippen LogP contribution >= 0.6 is 23.2 Å². The molecule has 0 fully saturated rings. The quantitative estimate of drug-likeness (QED) is 0.338. The van der Waals surface area contributed by atoms with Gasteiger partial charge in [-0.05, 0) is 18.2 Å². The van der Waals surface area contributed by atoms with Gasteiger partial charge in [0.1, 0.15) is 17.1 Å². The number of aromatic hydroxyl groups is 2. The van der Waals surface area contributed by atoms with Crippen molar-refractivity contribution in [3.8, 4) is 34.5 Å². The van der Waals surface area contributed by atoms with Crippen LogP contribution in [0.2, 0.25) is 0 Å². The van der Waals surface area contributed by atoms with Gasteiger partial charge in [-0.15, -0.1) is 0 Å². The second-order valence-electron chi connectivity index (χ2n) is 7.30. The van der Waals surface area contributed by atoms with Crippen LogP contribution in [0.15, 0.2) is 42.5 Å². The van der Waals surface area contributed by atoms with E-state index in [1.54, 1.807) is 18.2 Å². The number of alkyl halides is 2. The van der Waals surface area contributed by atoms with Crippen molar-refractivity contribution in [2.45, 2.75) is 5.60 Å². The number of phenolic OH excluding ortho intramolecular Hbond substituents is 2. The second kappa shape index (κ2) is 7.89. The Bertz CT molecular complexity index is 1370. The third kappa shape index (κ3) is 2.87. The summed E-state index contributed by atoms with van der Waals surface area (Å²) >= 11 is 11.5. The van der Waals surface area contributed by atoms with Crippen molar-refractivity contribution in [1.29, 1.82) is 0 Å². The predicted molar refractivity (Wildman–Crippen MR) is 118 cm³/mol. The highest BCUT2D eigenvalue weighted by atomic mass is 35.5. The maximum Gasteiger partial charge on any atom is 0.340 e. The molecule has 11 heteroatoms. The fourth-order valence-corrected chi connectivity index (χ4v) is 4.64. The van der Waals surface area contributed by atoms with E-state index < -0.39 is 46.7 Å². The Morgan fingerprint density at radius 2 is 1.71 bits per heavy atom. The summed E-state index contributed by atoms with van der Waals surface area (Å²) in [6, 6.07) is 9.53. The molecule has 5 rings (SSSR count). The molecule has 3 aromatic carbocycles. The number of phenols is 2. The number of hydrogen-bond donors (Lipinski definition) is 3. The summed E-state index contributed by atoms with van der Waals surface area (Å²) < 4.78 is 22.5. The molecule has 0 aromatic heterocycles. The van der Waals surface area contributed by atoms with Crippen LogP contribution in [0.3, 0.4) is 0 Å². The van der Waals surface area contributed by atoms with Gasteiger partial charge in [-0.3, -0.25) is 0 Å². The van der Waals surface area contributed by atoms with E-state index in [1.165, 1.54) is 24.3 Å². The SMILES string of the molecule is O=C1OC2(c3ccc(O)cc3Oc3c(OCCl)c(O)c(OCCl)c(C(=O)O)c32)c2ccccc21. The van der Waals surface area contributed by atoms with Crippen molar-refractivity contribution in [2.24, 2.45) is 0 Å². The zero-order valence-corrected chi connectivity index (χ0v) is 18.5. The third-order valence-corrected chi connectivity index (χ3v) is 5.85. The topological polar surface area (TPSA) is 132 Å². The number of fused-ring (bicyclic) bond motifs is 6. The summed E-state index contributed by atoms with van der Waals surface area (Å²) in [5.74, 6) is -4.25. The Labute approximate surface area is 201 Å². The smallest absolute Gasteiger partial charge is 0.340 e. The van der Waals surface area contributed by atoms with Crippen molar-refractivity contribution >= 4 is 35.1 Å². The highest BCUT2D eigenvalue weighted by molar-refractivity contribution is 6.17. The maximum atomic E-state index is 13.0. The van der Waals surface area contributed by atoms with Crippen LogP contribution in [-0.4, -0.2) is 39.4 Å². The number of carboxylic acid groups (broad SMARTS) is 1. The summed E-state index contributed by atoms with van der Waals surface area (Å²) in [4.78, 5) is 25.5. The lowest BCUT2D eigenvalue weighted by molar-refractivity contribution is 0.0211. The van der Waals surface area contributed by atoms with Gasteiger partial charge in [0, 0.05) is 17.2 Å². The second-order valence-corrected chi connectivity index (χ2v) is 7.73. The van der Waals surface area contributed by atoms with Crippen LogP contribution in [0.1, 0.15) is 37.4 Å². The van der Waals surface area contributed by atoms with Crippen molar-refractivity contribution in [3.63, 3.8) is 0 Å². The summed E-state index contributed by atoms with van der Waals surface area (Å²) in [6.45, 7) is 0. The highest BCUT2D eigenvalue weighted by Gasteiger charge is 2.57. The molecule has 0 radical (unpaired) electrons. The van der Waals surface area contributed by atoms with Crippen LogP contribution in [0, 0.1) is 0 Å². The number of rotatable bonds is 5. The van der Waals surface area contributed by atoms with E-state index in [9.17, 15) is 24.9 Å². The van der Waals surface area contributed by atoms with Gasteiger partial charge in [0.25, 0.3) is 0 Å². The molecule has 0 saturated heterocycles. The largest absolute Gasteiger partial charge is 0.508 e. The monoisotopic (exact) mass is 504 g/mol. The average molecular weight is 505 g/mol. The lowest BCUT2D eigenvalue weighted by atomic mass is 9.75. The van der Waals surface area contributed by atoms with E-state index in [2.05, 4.69) is 0 Å². The first-order valence-corrected chi connectivity index (χ1v) is 10.8. The molecule has 0 amide bonds. The van der Waals surface area contributed by atoms with E-state index in [1.807, 2.05) is 0 Å². The summed E-state index contributed by atoms with van der Waals surface area (Å²) in [5, 5.41) is 31.1. The van der Waals surface area contributed by atoms with Gasteiger partial charge in [-0.25, -0.2) is 9.59 Å². The molecule has 2 aliphatic heterocycles. The number of hydrogen-bond acceptors (Lipinski definition) is 8. The minimum absolute atomic E-state index is 0.0400. The molecule has 3 aromatic rings. The van der Waals surface area contributed by atoms with Gasteiger partial charge >= 0.3 is 11.9 Å². The number of benzene rings is 3. The molecular weight excluding hydrogens is 491 g/mol. The van der Waals surface area contributed by atoms with Crippen molar-refractivity contribution in [2.75, 3.05) is 12.1 Å². The first-order valence-electron chi connectivity index (χ1n) is 9.73. The molecule has 1 unspecified atom stereocenters. The maximum absolute atomic E-state index is 13.0. The van der Waals surface area contributed by atoms with Gasteiger partial charge in [-0.2, -0.15) is 0 Å². The highest BCUT2D eigenvalue weighted by Crippen LogP contribution is 2.63. The molecule has 1 atom stereocenters. The zero-order valence-electron chi connectivity index (χ0n) is 17.0. The summed E-state index contributed by atoms with van der Waals surface area (Å²) in [7, 11) is 0. The number of carbonyl (C=O) groups is 2. The van der Waals surface area contributed by atoms with Crippen LogP contribution in [0.5, 0.6) is 34.5 Å². The van der Waals surface area contributed by atoms with E-state index in [4.69, 9.17) is 42.1 Å². The first kappa shape index (κ1) is 22.0. The van der Waals surface area contributed by atoms with Crippen LogP contribution < -0.4 is 14.2 Å². The number of esters is 1. The minimum atomic E-state index is -1.85. The molecule has 0 bridgehead atoms. The molecule has 1 spiro atoms. The summed E-state index contributed by atoms with van der Waals surface area (Å²) in [5.41, 5.74) is -1.83. The first-order chi connectivity index (χ1) is 16.3. The summed E-state index contributed by atoms with van der Waals surface area (Å²) in [6.07, 6.45) is 0. The molecule has 2 aliphatic rings. The van der Waals surface area contributed by atoms with Crippen LogP contribution in [-0.2, 0) is 10.3 Å². The molecule has 174 valence electrons. The van der Waals surface area contributed by atoms with E-state index in [0.29, 0.717) is 5.56 Å². The number of ether oxygens (including phenoxy) is 4. The molecule has 9 nitrogen and oxygen atoms in total. The van der Waals surface area contributed by atoms with E-state index >= 15 is 0 Å². The van der Waals surface area contributed by atoms with Gasteiger partial charge in [0.15, 0.2) is 29.2 Å². The Morgan fingerprint density at radius 1 is 1.00 bits per heavy atom. The Balaban J connectivity index is 2.01. The molecule has 0 aliphatic carbocycles. The number of carbonyl (C=O) groups excluding carboxylic acids is 1. The van der Waals surface area contributed by atoms with Gasteiger partial charge in [-0.1, -0.05) is 41.4 Å². The standard InChI is InChI=1S/C23H14Cl2O9/c24-8-31-18-15(21(28)29)16-19(20(17(18)27)32-9-25)33-14-7-10(26)5-6-13(14)23(16)12-4-2-1-3-11(12)22(30)34-23/h1-7,26-27H,8-9H2,(H,28,29). The molecule has 34 heavy (non-hydrogen) atoms. The Morgan fingerprint density at radius 3 is 2.41 bits per heavy atom. The molecule has 0 saturated carbocycles. The van der Waals surface area contributed by atoms with E-state index in [0.717, 1.165) is 0 Å².